The van der Waals surface area contributed by atoms with E-state index >= 15 is 0 Å². The Morgan fingerprint density at radius 3 is 2.91 bits per heavy atom. The normalized spacial score (nSPS) is 15.3. The van der Waals surface area contributed by atoms with Crippen LogP contribution in [0.1, 0.15) is 25.7 Å². The molecule has 0 bridgehead atoms. The van der Waals surface area contributed by atoms with Crippen LogP contribution in [0.3, 0.4) is 0 Å². The molecule has 0 saturated carbocycles. The first kappa shape index (κ1) is 17.4. The first-order valence-electron chi connectivity index (χ1n) is 7.31. The summed E-state index contributed by atoms with van der Waals surface area (Å²) < 4.78 is 0. The third-order valence-electron chi connectivity index (χ3n) is 3.76. The molecule has 3 rings (SSSR count). The molecule has 4 nitrogen and oxygen atoms in total. The van der Waals surface area contributed by atoms with Crippen LogP contribution in [0.15, 0.2) is 22.9 Å². The van der Waals surface area contributed by atoms with Crippen molar-refractivity contribution in [1.29, 1.82) is 0 Å². The zero-order valence-corrected chi connectivity index (χ0v) is 14.7. The van der Waals surface area contributed by atoms with Gasteiger partial charge in [0.15, 0.2) is 5.13 Å². The Morgan fingerprint density at radius 1 is 1.36 bits per heavy atom. The van der Waals surface area contributed by atoms with Crippen LogP contribution in [0.25, 0.3) is 10.6 Å². The lowest BCUT2D eigenvalue weighted by Gasteiger charge is -2.21. The van der Waals surface area contributed by atoms with E-state index in [0.29, 0.717) is 17.5 Å². The number of hydrogen-bond acceptors (Lipinski definition) is 5. The molecule has 0 radical (unpaired) electrons. The van der Waals surface area contributed by atoms with Gasteiger partial charge >= 0.3 is 0 Å². The zero-order valence-electron chi connectivity index (χ0n) is 12.2. The van der Waals surface area contributed by atoms with Crippen molar-refractivity contribution < 1.29 is 4.79 Å². The lowest BCUT2D eigenvalue weighted by molar-refractivity contribution is -0.116. The Kier molecular flexibility index (Phi) is 6.82. The lowest BCUT2D eigenvalue weighted by atomic mass is 9.93. The summed E-state index contributed by atoms with van der Waals surface area (Å²) in [6, 6.07) is 4.05. The molecular weight excluding hydrogens is 338 g/mol. The van der Waals surface area contributed by atoms with Crippen LogP contribution >= 0.6 is 35.1 Å². The summed E-state index contributed by atoms with van der Waals surface area (Å²) >= 11 is 3.15. The van der Waals surface area contributed by atoms with Gasteiger partial charge in [-0.1, -0.05) is 6.07 Å². The monoisotopic (exact) mass is 357 g/mol. The van der Waals surface area contributed by atoms with E-state index in [4.69, 9.17) is 0 Å². The molecule has 0 atom stereocenters. The number of hydrogen-bond donors (Lipinski definition) is 2. The van der Waals surface area contributed by atoms with E-state index in [1.807, 2.05) is 22.9 Å². The van der Waals surface area contributed by atoms with Gasteiger partial charge in [-0.2, -0.15) is 0 Å². The maximum atomic E-state index is 12.0. The summed E-state index contributed by atoms with van der Waals surface area (Å²) in [6.45, 7) is 2.17. The first-order valence-corrected chi connectivity index (χ1v) is 9.07. The van der Waals surface area contributed by atoms with Crippen LogP contribution < -0.4 is 10.6 Å². The van der Waals surface area contributed by atoms with Crippen LogP contribution in [0.5, 0.6) is 0 Å². The van der Waals surface area contributed by atoms with Crippen molar-refractivity contribution in [2.24, 2.45) is 5.92 Å². The Labute approximate surface area is 144 Å². The number of carbonyl (C=O) groups is 1. The smallest absolute Gasteiger partial charge is 0.226 e. The molecule has 1 amide bonds. The molecule has 2 aromatic heterocycles. The van der Waals surface area contributed by atoms with Crippen LogP contribution in [0, 0.1) is 5.92 Å². The molecule has 1 saturated heterocycles. The summed E-state index contributed by atoms with van der Waals surface area (Å²) in [6.07, 6.45) is 3.95. The minimum absolute atomic E-state index is 0. The maximum absolute atomic E-state index is 12.0. The highest BCUT2D eigenvalue weighted by Gasteiger charge is 2.15. The minimum atomic E-state index is 0. The quantitative estimate of drug-likeness (QED) is 0.850. The van der Waals surface area contributed by atoms with Crippen LogP contribution in [-0.2, 0) is 4.79 Å². The standard InChI is InChI=1S/C15H19N3OS2.ClH/c19-14(4-3-11-5-7-16-8-6-11)18-15-17-12(10-21-15)13-2-1-9-20-13;/h1-2,9-11,16H,3-8H2,(H,17,18,19);1H. The van der Waals surface area contributed by atoms with E-state index in [-0.39, 0.29) is 18.3 Å². The highest BCUT2D eigenvalue weighted by molar-refractivity contribution is 7.16. The number of aromatic nitrogens is 1. The zero-order chi connectivity index (χ0) is 14.5. The van der Waals surface area contributed by atoms with E-state index in [9.17, 15) is 4.79 Å². The van der Waals surface area contributed by atoms with Gasteiger partial charge in [-0.25, -0.2) is 4.98 Å². The molecule has 22 heavy (non-hydrogen) atoms. The van der Waals surface area contributed by atoms with Crippen LogP contribution in [0.4, 0.5) is 5.13 Å². The van der Waals surface area contributed by atoms with E-state index in [1.54, 1.807) is 11.3 Å². The Balaban J connectivity index is 0.00000176. The third kappa shape index (κ3) is 4.78. The molecule has 1 aliphatic heterocycles. The number of thiophene rings is 1. The SMILES string of the molecule is Cl.O=C(CCC1CCNCC1)Nc1nc(-c2cccs2)cs1. The van der Waals surface area contributed by atoms with Gasteiger partial charge in [0.25, 0.3) is 0 Å². The fourth-order valence-corrected chi connectivity index (χ4v) is 4.04. The Hall–Kier alpha value is -0.950. The van der Waals surface area contributed by atoms with Gasteiger partial charge in [0.2, 0.25) is 5.91 Å². The summed E-state index contributed by atoms with van der Waals surface area (Å²) in [5.41, 5.74) is 0.948. The molecule has 7 heteroatoms. The number of thiazole rings is 1. The molecule has 0 aromatic carbocycles. The van der Waals surface area contributed by atoms with Crippen molar-refractivity contribution in [2.45, 2.75) is 25.7 Å². The molecule has 1 fully saturated rings. The molecule has 3 heterocycles. The van der Waals surface area contributed by atoms with E-state index < -0.39 is 0 Å². The van der Waals surface area contributed by atoms with Gasteiger partial charge in [-0.15, -0.1) is 35.1 Å². The second-order valence-electron chi connectivity index (χ2n) is 5.30. The molecule has 2 aromatic rings. The van der Waals surface area contributed by atoms with Gasteiger partial charge in [-0.05, 0) is 49.7 Å². The number of amides is 1. The highest BCUT2D eigenvalue weighted by atomic mass is 35.5. The molecule has 120 valence electrons. The van der Waals surface area contributed by atoms with Crippen molar-refractivity contribution in [3.8, 4) is 10.6 Å². The van der Waals surface area contributed by atoms with Gasteiger partial charge in [0.05, 0.1) is 10.6 Å². The highest BCUT2D eigenvalue weighted by Crippen LogP contribution is 2.28. The Bertz CT molecular complexity index is 579. The summed E-state index contributed by atoms with van der Waals surface area (Å²) in [7, 11) is 0. The van der Waals surface area contributed by atoms with Gasteiger partial charge in [-0.3, -0.25) is 4.79 Å². The van der Waals surface area contributed by atoms with Crippen LogP contribution in [0.2, 0.25) is 0 Å². The lowest BCUT2D eigenvalue weighted by Crippen LogP contribution is -2.28. The van der Waals surface area contributed by atoms with E-state index in [0.717, 1.165) is 30.1 Å². The second kappa shape index (κ2) is 8.62. The molecule has 1 aliphatic rings. The summed E-state index contributed by atoms with van der Waals surface area (Å²) in [5, 5.41) is 11.0. The van der Waals surface area contributed by atoms with Crippen molar-refractivity contribution in [2.75, 3.05) is 18.4 Å². The van der Waals surface area contributed by atoms with Gasteiger partial charge in [0.1, 0.15) is 0 Å². The van der Waals surface area contributed by atoms with Crippen molar-refractivity contribution >= 4 is 46.1 Å². The molecule has 0 spiro atoms. The topological polar surface area (TPSA) is 54.0 Å². The molecule has 0 unspecified atom stereocenters. The fourth-order valence-electron chi connectivity index (χ4n) is 2.56. The average molecular weight is 358 g/mol. The number of anilines is 1. The van der Waals surface area contributed by atoms with Gasteiger partial charge < -0.3 is 10.6 Å². The fraction of sp³-hybridized carbons (Fsp3) is 0.467. The number of carbonyl (C=O) groups excluding carboxylic acids is 1. The number of rotatable bonds is 5. The van der Waals surface area contributed by atoms with Crippen molar-refractivity contribution in [3.05, 3.63) is 22.9 Å². The maximum Gasteiger partial charge on any atom is 0.226 e. The molecular formula is C15H20ClN3OS2. The molecule has 2 N–H and O–H groups in total. The number of halogens is 1. The largest absolute Gasteiger partial charge is 0.317 e. The summed E-state index contributed by atoms with van der Waals surface area (Å²) in [5.74, 6) is 0.774. The predicted octanol–water partition coefficient (Wildman–Crippen LogP) is 4.01. The molecule has 0 aliphatic carbocycles. The second-order valence-corrected chi connectivity index (χ2v) is 7.10. The van der Waals surface area contributed by atoms with E-state index in [2.05, 4.69) is 15.6 Å². The van der Waals surface area contributed by atoms with Gasteiger partial charge in [0, 0.05) is 11.8 Å². The first-order chi connectivity index (χ1) is 10.3. The van der Waals surface area contributed by atoms with Crippen molar-refractivity contribution in [3.63, 3.8) is 0 Å². The third-order valence-corrected chi connectivity index (χ3v) is 5.41. The van der Waals surface area contributed by atoms with Crippen LogP contribution in [-0.4, -0.2) is 24.0 Å². The minimum Gasteiger partial charge on any atom is -0.317 e. The van der Waals surface area contributed by atoms with Crippen molar-refractivity contribution in [1.82, 2.24) is 10.3 Å². The average Bonchev–Trinajstić information content (AvgIpc) is 3.17. The predicted molar refractivity (Wildman–Crippen MR) is 96.1 cm³/mol. The number of nitrogens with one attached hydrogen (secondary N) is 2. The van der Waals surface area contributed by atoms with E-state index in [1.165, 1.54) is 24.2 Å². The number of piperidine rings is 1. The Morgan fingerprint density at radius 2 is 2.18 bits per heavy atom. The number of nitrogens with zero attached hydrogens (tertiary/aromatic N) is 1. The summed E-state index contributed by atoms with van der Waals surface area (Å²) in [4.78, 5) is 17.6.